The number of carbonyl (C=O) groups is 1. The van der Waals surface area contributed by atoms with Crippen LogP contribution >= 0.6 is 46.4 Å². The van der Waals surface area contributed by atoms with Gasteiger partial charge in [-0.2, -0.15) is 0 Å². The van der Waals surface area contributed by atoms with E-state index in [-0.39, 0.29) is 16.9 Å². The van der Waals surface area contributed by atoms with Crippen LogP contribution < -0.4 is 10.9 Å². The molecule has 0 spiro atoms. The van der Waals surface area contributed by atoms with Crippen LogP contribution in [0.3, 0.4) is 0 Å². The van der Waals surface area contributed by atoms with E-state index in [1.165, 1.54) is 18.6 Å². The number of nitrogens with zero attached hydrogens (tertiary/aromatic N) is 2. The number of unbranched alkanes of at least 4 members (excludes halogenated alkanes) is 4. The van der Waals surface area contributed by atoms with Gasteiger partial charge < -0.3 is 0 Å². The van der Waals surface area contributed by atoms with E-state index in [1.54, 1.807) is 0 Å². The standard InChI is InChI=1S/C14H19Cl4N3O/c1-2-3-4-5-6-7-13(22)21(19)12-9-10(14(16,17)18)8-11(15)20-12/h8-9H,2-7,19H2,1H3. The third-order valence-electron chi connectivity index (χ3n) is 3.12. The Morgan fingerprint density at radius 3 is 2.45 bits per heavy atom. The highest BCUT2D eigenvalue weighted by molar-refractivity contribution is 6.66. The largest absolute Gasteiger partial charge is 0.273 e. The summed E-state index contributed by atoms with van der Waals surface area (Å²) in [6, 6.07) is 2.86. The minimum atomic E-state index is -1.66. The first-order chi connectivity index (χ1) is 10.3. The van der Waals surface area contributed by atoms with Gasteiger partial charge in [-0.25, -0.2) is 15.8 Å². The SMILES string of the molecule is CCCCCCCC(=O)N(N)c1cc(C(Cl)(Cl)Cl)cc(Cl)n1. The summed E-state index contributed by atoms with van der Waals surface area (Å²) in [6.45, 7) is 2.14. The Bertz CT molecular complexity index is 505. The van der Waals surface area contributed by atoms with Crippen molar-refractivity contribution in [1.82, 2.24) is 4.98 Å². The van der Waals surface area contributed by atoms with Crippen LogP contribution in [-0.2, 0) is 8.59 Å². The lowest BCUT2D eigenvalue weighted by molar-refractivity contribution is -0.118. The van der Waals surface area contributed by atoms with Gasteiger partial charge in [-0.3, -0.25) is 4.79 Å². The number of carbonyl (C=O) groups excluding carboxylic acids is 1. The predicted octanol–water partition coefficient (Wildman–Crippen LogP) is 5.13. The van der Waals surface area contributed by atoms with Crippen molar-refractivity contribution in [3.05, 3.63) is 22.8 Å². The van der Waals surface area contributed by atoms with Crippen molar-refractivity contribution in [3.8, 4) is 0 Å². The number of rotatable bonds is 7. The van der Waals surface area contributed by atoms with Gasteiger partial charge in [0.2, 0.25) is 9.70 Å². The van der Waals surface area contributed by atoms with Gasteiger partial charge in [0.25, 0.3) is 0 Å². The average molecular weight is 387 g/mol. The van der Waals surface area contributed by atoms with Crippen molar-refractivity contribution in [3.63, 3.8) is 0 Å². The lowest BCUT2D eigenvalue weighted by atomic mass is 10.1. The third-order valence-corrected chi connectivity index (χ3v) is 3.97. The Hall–Kier alpha value is -0.260. The van der Waals surface area contributed by atoms with Gasteiger partial charge in [-0.1, -0.05) is 79.0 Å². The topological polar surface area (TPSA) is 59.2 Å². The van der Waals surface area contributed by atoms with Crippen molar-refractivity contribution in [2.45, 2.75) is 49.2 Å². The summed E-state index contributed by atoms with van der Waals surface area (Å²) in [7, 11) is 0. The van der Waals surface area contributed by atoms with Crippen molar-refractivity contribution in [2.24, 2.45) is 5.84 Å². The molecule has 8 heteroatoms. The molecule has 1 aromatic heterocycles. The molecule has 0 unspecified atom stereocenters. The highest BCUT2D eigenvalue weighted by Crippen LogP contribution is 2.39. The zero-order valence-corrected chi connectivity index (χ0v) is 15.3. The van der Waals surface area contributed by atoms with Crippen LogP contribution in [0.2, 0.25) is 5.15 Å². The van der Waals surface area contributed by atoms with E-state index < -0.39 is 3.79 Å². The molecule has 0 fully saturated rings. The molecule has 1 aromatic rings. The molecule has 22 heavy (non-hydrogen) atoms. The van der Waals surface area contributed by atoms with Crippen molar-refractivity contribution < 1.29 is 4.79 Å². The van der Waals surface area contributed by atoms with Gasteiger partial charge in [-0.05, 0) is 18.6 Å². The van der Waals surface area contributed by atoms with Crippen molar-refractivity contribution in [1.29, 1.82) is 0 Å². The maximum absolute atomic E-state index is 12.1. The summed E-state index contributed by atoms with van der Waals surface area (Å²) in [5.41, 5.74) is 0.304. The Morgan fingerprint density at radius 1 is 1.23 bits per heavy atom. The number of nitrogens with two attached hydrogens (primary N) is 1. The molecule has 0 aliphatic carbocycles. The molecule has 0 saturated heterocycles. The molecule has 1 rings (SSSR count). The van der Waals surface area contributed by atoms with E-state index in [1.807, 2.05) is 0 Å². The first-order valence-electron chi connectivity index (χ1n) is 7.08. The van der Waals surface area contributed by atoms with E-state index >= 15 is 0 Å². The molecule has 0 aliphatic heterocycles. The van der Waals surface area contributed by atoms with Crippen LogP contribution in [0.15, 0.2) is 12.1 Å². The number of halogens is 4. The lowest BCUT2D eigenvalue weighted by Crippen LogP contribution is -2.38. The van der Waals surface area contributed by atoms with Gasteiger partial charge in [0.1, 0.15) is 5.15 Å². The number of hydrogen-bond acceptors (Lipinski definition) is 3. The minimum absolute atomic E-state index is 0.102. The predicted molar refractivity (Wildman–Crippen MR) is 93.5 cm³/mol. The molecule has 0 bridgehead atoms. The molecule has 4 nitrogen and oxygen atoms in total. The summed E-state index contributed by atoms with van der Waals surface area (Å²) in [6.07, 6.45) is 5.56. The second-order valence-corrected chi connectivity index (χ2v) is 7.63. The zero-order valence-electron chi connectivity index (χ0n) is 12.3. The molecule has 0 aromatic carbocycles. The van der Waals surface area contributed by atoms with Crippen LogP contribution in [0.25, 0.3) is 0 Å². The second kappa shape index (κ2) is 9.14. The number of hydrazine groups is 1. The minimum Gasteiger partial charge on any atom is -0.273 e. The first kappa shape index (κ1) is 19.8. The van der Waals surface area contributed by atoms with E-state index in [4.69, 9.17) is 52.2 Å². The number of amides is 1. The summed E-state index contributed by atoms with van der Waals surface area (Å²) in [4.78, 5) is 16.1. The fourth-order valence-electron chi connectivity index (χ4n) is 1.90. The molecule has 0 aliphatic rings. The Morgan fingerprint density at radius 2 is 1.86 bits per heavy atom. The molecule has 1 amide bonds. The quantitative estimate of drug-likeness (QED) is 0.176. The highest BCUT2D eigenvalue weighted by atomic mass is 35.6. The van der Waals surface area contributed by atoms with E-state index in [0.29, 0.717) is 12.0 Å². The summed E-state index contributed by atoms with van der Waals surface area (Å²) < 4.78 is -1.66. The normalized spacial score (nSPS) is 11.5. The Kier molecular flexibility index (Phi) is 8.22. The molecule has 0 atom stereocenters. The number of aromatic nitrogens is 1. The number of pyridine rings is 1. The zero-order chi connectivity index (χ0) is 16.8. The van der Waals surface area contributed by atoms with Crippen LogP contribution in [-0.4, -0.2) is 10.9 Å². The molecule has 0 radical (unpaired) electrons. The highest BCUT2D eigenvalue weighted by Gasteiger charge is 2.25. The van der Waals surface area contributed by atoms with Gasteiger partial charge >= 0.3 is 0 Å². The molecule has 2 N–H and O–H groups in total. The van der Waals surface area contributed by atoms with Crippen LogP contribution in [0, 0.1) is 0 Å². The van der Waals surface area contributed by atoms with Gasteiger partial charge in [0.05, 0.1) is 0 Å². The maximum atomic E-state index is 12.1. The summed E-state index contributed by atoms with van der Waals surface area (Å²) >= 11 is 23.3. The number of anilines is 1. The molecular formula is C14H19Cl4N3O. The fraction of sp³-hybridized carbons (Fsp3) is 0.571. The van der Waals surface area contributed by atoms with Crippen LogP contribution in [0.5, 0.6) is 0 Å². The van der Waals surface area contributed by atoms with Gasteiger partial charge in [-0.15, -0.1) is 0 Å². The lowest BCUT2D eigenvalue weighted by Gasteiger charge is -2.19. The van der Waals surface area contributed by atoms with E-state index in [2.05, 4.69) is 11.9 Å². The molecule has 0 saturated carbocycles. The molecule has 1 heterocycles. The van der Waals surface area contributed by atoms with Crippen molar-refractivity contribution >= 4 is 58.1 Å². The van der Waals surface area contributed by atoms with Crippen molar-refractivity contribution in [2.75, 3.05) is 5.01 Å². The second-order valence-electron chi connectivity index (χ2n) is 4.96. The average Bonchev–Trinajstić information content (AvgIpc) is 2.44. The van der Waals surface area contributed by atoms with E-state index in [0.717, 1.165) is 30.7 Å². The van der Waals surface area contributed by atoms with E-state index in [9.17, 15) is 4.79 Å². The van der Waals surface area contributed by atoms with Crippen LogP contribution in [0.4, 0.5) is 5.82 Å². The maximum Gasteiger partial charge on any atom is 0.242 e. The Balaban J connectivity index is 2.70. The number of hydrogen-bond donors (Lipinski definition) is 1. The third kappa shape index (κ3) is 6.47. The van der Waals surface area contributed by atoms with Crippen LogP contribution in [0.1, 0.15) is 51.0 Å². The first-order valence-corrected chi connectivity index (χ1v) is 8.59. The van der Waals surface area contributed by atoms with Gasteiger partial charge in [0, 0.05) is 12.0 Å². The molecular weight excluding hydrogens is 368 g/mol. The smallest absolute Gasteiger partial charge is 0.242 e. The summed E-state index contributed by atoms with van der Waals surface area (Å²) in [5.74, 6) is 5.70. The molecule has 124 valence electrons. The summed E-state index contributed by atoms with van der Waals surface area (Å²) in [5, 5.41) is 1.05. The van der Waals surface area contributed by atoms with Gasteiger partial charge in [0.15, 0.2) is 5.82 Å². The number of alkyl halides is 3. The monoisotopic (exact) mass is 385 g/mol. The Labute approximate surface area is 150 Å². The fourth-order valence-corrected chi connectivity index (χ4v) is 2.43.